The van der Waals surface area contributed by atoms with E-state index in [0.717, 1.165) is 49.7 Å². The van der Waals surface area contributed by atoms with Crippen LogP contribution in [0.3, 0.4) is 0 Å². The van der Waals surface area contributed by atoms with Crippen LogP contribution in [0, 0.1) is 0 Å². The predicted octanol–water partition coefficient (Wildman–Crippen LogP) is 2.51. The minimum atomic E-state index is 0.265. The van der Waals surface area contributed by atoms with E-state index >= 15 is 0 Å². The standard InChI is InChI=1S/C19H28N2O3/c1-23-17-8-6-7-16(19(17)24-2)15-9-12-21(13-15)18(22)14-20-10-4-3-5-11-20/h6-8,15H,3-5,9-14H2,1-2H3/t15-/m1/s1. The van der Waals surface area contributed by atoms with E-state index in [-0.39, 0.29) is 5.91 Å². The summed E-state index contributed by atoms with van der Waals surface area (Å²) in [7, 11) is 3.33. The number of ether oxygens (including phenoxy) is 2. The van der Waals surface area contributed by atoms with Gasteiger partial charge in [-0.25, -0.2) is 0 Å². The minimum absolute atomic E-state index is 0.265. The number of hydrogen-bond donors (Lipinski definition) is 0. The minimum Gasteiger partial charge on any atom is -0.493 e. The van der Waals surface area contributed by atoms with Crippen molar-refractivity contribution in [1.82, 2.24) is 9.80 Å². The number of methoxy groups -OCH3 is 2. The molecule has 0 aliphatic carbocycles. The van der Waals surface area contributed by atoms with Crippen LogP contribution in [0.25, 0.3) is 0 Å². The van der Waals surface area contributed by atoms with Gasteiger partial charge in [0.05, 0.1) is 20.8 Å². The first-order valence-corrected chi connectivity index (χ1v) is 8.94. The van der Waals surface area contributed by atoms with Crippen molar-refractivity contribution in [3.8, 4) is 11.5 Å². The topological polar surface area (TPSA) is 42.0 Å². The SMILES string of the molecule is COc1cccc([C@@H]2CCN(C(=O)CN3CCCCC3)C2)c1OC. The molecule has 2 fully saturated rings. The fourth-order valence-corrected chi connectivity index (χ4v) is 3.88. The molecule has 2 aliphatic rings. The Balaban J connectivity index is 1.63. The fourth-order valence-electron chi connectivity index (χ4n) is 3.88. The number of rotatable bonds is 5. The van der Waals surface area contributed by atoms with Gasteiger partial charge >= 0.3 is 0 Å². The zero-order valence-electron chi connectivity index (χ0n) is 14.8. The van der Waals surface area contributed by atoms with Gasteiger partial charge in [-0.1, -0.05) is 18.6 Å². The number of likely N-dealkylation sites (tertiary alicyclic amines) is 2. The average Bonchev–Trinajstić information content (AvgIpc) is 3.12. The van der Waals surface area contributed by atoms with Gasteiger partial charge in [-0.15, -0.1) is 0 Å². The van der Waals surface area contributed by atoms with Crippen molar-refractivity contribution in [2.45, 2.75) is 31.6 Å². The molecule has 5 nitrogen and oxygen atoms in total. The molecule has 1 amide bonds. The van der Waals surface area contributed by atoms with Crippen LogP contribution in [-0.4, -0.2) is 62.7 Å². The first-order valence-electron chi connectivity index (χ1n) is 8.94. The van der Waals surface area contributed by atoms with Gasteiger partial charge < -0.3 is 14.4 Å². The van der Waals surface area contributed by atoms with E-state index in [2.05, 4.69) is 11.0 Å². The van der Waals surface area contributed by atoms with Crippen molar-refractivity contribution in [2.75, 3.05) is 46.9 Å². The second kappa shape index (κ2) is 7.88. The summed E-state index contributed by atoms with van der Waals surface area (Å²) in [6, 6.07) is 6.00. The lowest BCUT2D eigenvalue weighted by molar-refractivity contribution is -0.131. The molecule has 1 atom stereocenters. The van der Waals surface area contributed by atoms with E-state index in [0.29, 0.717) is 12.5 Å². The van der Waals surface area contributed by atoms with E-state index < -0.39 is 0 Å². The maximum Gasteiger partial charge on any atom is 0.236 e. The Labute approximate surface area is 144 Å². The molecule has 3 rings (SSSR count). The lowest BCUT2D eigenvalue weighted by Gasteiger charge is -2.28. The summed E-state index contributed by atoms with van der Waals surface area (Å²) in [4.78, 5) is 16.9. The second-order valence-electron chi connectivity index (χ2n) is 6.74. The van der Waals surface area contributed by atoms with Crippen molar-refractivity contribution in [1.29, 1.82) is 0 Å². The van der Waals surface area contributed by atoms with Crippen LogP contribution in [0.5, 0.6) is 11.5 Å². The molecule has 1 aromatic carbocycles. The largest absolute Gasteiger partial charge is 0.493 e. The third kappa shape index (κ3) is 3.66. The molecule has 2 aliphatic heterocycles. The molecule has 1 aromatic rings. The van der Waals surface area contributed by atoms with Gasteiger partial charge in [0, 0.05) is 24.6 Å². The van der Waals surface area contributed by atoms with Gasteiger partial charge in [-0.3, -0.25) is 9.69 Å². The third-order valence-electron chi connectivity index (χ3n) is 5.22. The molecule has 0 spiro atoms. The van der Waals surface area contributed by atoms with Crippen LogP contribution >= 0.6 is 0 Å². The number of carbonyl (C=O) groups excluding carboxylic acids is 1. The van der Waals surface area contributed by atoms with Crippen molar-refractivity contribution in [2.24, 2.45) is 0 Å². The number of carbonyl (C=O) groups is 1. The van der Waals surface area contributed by atoms with Gasteiger partial charge in [0.1, 0.15) is 0 Å². The van der Waals surface area contributed by atoms with Gasteiger partial charge in [-0.05, 0) is 38.4 Å². The van der Waals surface area contributed by atoms with Crippen molar-refractivity contribution < 1.29 is 14.3 Å². The summed E-state index contributed by atoms with van der Waals surface area (Å²) in [6.07, 6.45) is 4.72. The van der Waals surface area contributed by atoms with E-state index in [1.54, 1.807) is 14.2 Å². The first kappa shape index (κ1) is 17.1. The van der Waals surface area contributed by atoms with Crippen molar-refractivity contribution >= 4 is 5.91 Å². The quantitative estimate of drug-likeness (QED) is 0.831. The summed E-state index contributed by atoms with van der Waals surface area (Å²) in [5.74, 6) is 2.14. The zero-order chi connectivity index (χ0) is 16.9. The number of nitrogens with zero attached hydrogens (tertiary/aromatic N) is 2. The normalized spacial score (nSPS) is 21.8. The second-order valence-corrected chi connectivity index (χ2v) is 6.74. The van der Waals surface area contributed by atoms with E-state index in [1.807, 2.05) is 17.0 Å². The molecule has 2 heterocycles. The summed E-state index contributed by atoms with van der Waals surface area (Å²) in [5.41, 5.74) is 1.14. The molecular formula is C19H28N2O3. The Kier molecular flexibility index (Phi) is 5.61. The monoisotopic (exact) mass is 332 g/mol. The fraction of sp³-hybridized carbons (Fsp3) is 0.632. The summed E-state index contributed by atoms with van der Waals surface area (Å²) >= 11 is 0. The smallest absolute Gasteiger partial charge is 0.236 e. The van der Waals surface area contributed by atoms with E-state index in [1.165, 1.54) is 19.3 Å². The zero-order valence-corrected chi connectivity index (χ0v) is 14.8. The van der Waals surface area contributed by atoms with Gasteiger partial charge in [-0.2, -0.15) is 0 Å². The molecule has 24 heavy (non-hydrogen) atoms. The maximum atomic E-state index is 12.6. The Morgan fingerprint density at radius 2 is 1.92 bits per heavy atom. The predicted molar refractivity (Wildman–Crippen MR) is 93.8 cm³/mol. The molecule has 0 aromatic heterocycles. The number of para-hydroxylation sites is 1. The first-order chi connectivity index (χ1) is 11.7. The molecule has 5 heteroatoms. The highest BCUT2D eigenvalue weighted by Crippen LogP contribution is 2.39. The Bertz CT molecular complexity index is 570. The highest BCUT2D eigenvalue weighted by atomic mass is 16.5. The Hall–Kier alpha value is -1.75. The molecular weight excluding hydrogens is 304 g/mol. The van der Waals surface area contributed by atoms with Crippen molar-refractivity contribution in [3.63, 3.8) is 0 Å². The lowest BCUT2D eigenvalue weighted by Crippen LogP contribution is -2.41. The molecule has 0 saturated carbocycles. The lowest BCUT2D eigenvalue weighted by atomic mass is 9.97. The van der Waals surface area contributed by atoms with Gasteiger partial charge in [0.15, 0.2) is 11.5 Å². The van der Waals surface area contributed by atoms with Crippen molar-refractivity contribution in [3.05, 3.63) is 23.8 Å². The summed E-state index contributed by atoms with van der Waals surface area (Å²) in [6.45, 7) is 4.30. The van der Waals surface area contributed by atoms with Crippen LogP contribution in [0.15, 0.2) is 18.2 Å². The number of piperidine rings is 1. The Morgan fingerprint density at radius 1 is 1.12 bits per heavy atom. The van der Waals surface area contributed by atoms with Crippen LogP contribution in [0.1, 0.15) is 37.2 Å². The molecule has 0 radical (unpaired) electrons. The average molecular weight is 332 g/mol. The van der Waals surface area contributed by atoms with E-state index in [9.17, 15) is 4.79 Å². The number of benzene rings is 1. The number of hydrogen-bond acceptors (Lipinski definition) is 4. The van der Waals surface area contributed by atoms with Crippen LogP contribution in [0.4, 0.5) is 0 Å². The molecule has 0 unspecified atom stereocenters. The van der Waals surface area contributed by atoms with Crippen LogP contribution < -0.4 is 9.47 Å². The molecule has 2 saturated heterocycles. The third-order valence-corrected chi connectivity index (χ3v) is 5.22. The molecule has 0 N–H and O–H groups in total. The Morgan fingerprint density at radius 3 is 2.62 bits per heavy atom. The van der Waals surface area contributed by atoms with Crippen LogP contribution in [-0.2, 0) is 4.79 Å². The highest BCUT2D eigenvalue weighted by Gasteiger charge is 2.30. The molecule has 0 bridgehead atoms. The summed E-state index contributed by atoms with van der Waals surface area (Å²) < 4.78 is 11.0. The molecule has 132 valence electrons. The van der Waals surface area contributed by atoms with Crippen LogP contribution in [0.2, 0.25) is 0 Å². The highest BCUT2D eigenvalue weighted by molar-refractivity contribution is 5.78. The van der Waals surface area contributed by atoms with Gasteiger partial charge in [0.2, 0.25) is 5.91 Å². The van der Waals surface area contributed by atoms with E-state index in [4.69, 9.17) is 9.47 Å². The summed E-state index contributed by atoms with van der Waals surface area (Å²) in [5, 5.41) is 0. The number of amides is 1. The van der Waals surface area contributed by atoms with Gasteiger partial charge in [0.25, 0.3) is 0 Å². The maximum absolute atomic E-state index is 12.6.